The number of benzene rings is 1. The summed E-state index contributed by atoms with van der Waals surface area (Å²) in [7, 11) is 1.64. The summed E-state index contributed by atoms with van der Waals surface area (Å²) < 4.78 is 14.6. The maximum absolute atomic E-state index is 12.3. The van der Waals surface area contributed by atoms with Gasteiger partial charge in [-0.1, -0.05) is 0 Å². The Hall–Kier alpha value is -4.15. The molecular weight excluding hydrogens is 460 g/mol. The molecule has 3 aromatic heterocycles. The second-order valence-electron chi connectivity index (χ2n) is 9.75. The number of nitrogens with one attached hydrogen (secondary N) is 1. The standard InChI is InChI=1S/C25H30N8O3/c1-25(2,3)36-24(34)31-11-9-19(10-12-31)33-15-17(13-28-33)29-23-26-14-21-22(30-23)32(16-27-21)18-5-7-20(35-4)8-6-18/h5-8,13-16,19H,9-12H2,1-4H3,(H,26,29,30). The number of ether oxygens (including phenoxy) is 2. The summed E-state index contributed by atoms with van der Waals surface area (Å²) in [5.74, 6) is 1.24. The van der Waals surface area contributed by atoms with E-state index in [-0.39, 0.29) is 12.1 Å². The zero-order chi connectivity index (χ0) is 25.3. The van der Waals surface area contributed by atoms with E-state index < -0.39 is 5.60 Å². The van der Waals surface area contributed by atoms with Gasteiger partial charge in [-0.15, -0.1) is 0 Å². The Kier molecular flexibility index (Phi) is 6.21. The highest BCUT2D eigenvalue weighted by Crippen LogP contribution is 2.26. The molecule has 0 radical (unpaired) electrons. The summed E-state index contributed by atoms with van der Waals surface area (Å²) >= 11 is 0. The van der Waals surface area contributed by atoms with Crippen LogP contribution in [-0.4, -0.2) is 66.1 Å². The second-order valence-corrected chi connectivity index (χ2v) is 9.75. The highest BCUT2D eigenvalue weighted by atomic mass is 16.6. The van der Waals surface area contributed by atoms with Gasteiger partial charge in [0.05, 0.1) is 31.2 Å². The minimum Gasteiger partial charge on any atom is -0.497 e. The highest BCUT2D eigenvalue weighted by molar-refractivity contribution is 5.74. The van der Waals surface area contributed by atoms with E-state index in [1.54, 1.807) is 30.7 Å². The lowest BCUT2D eigenvalue weighted by Gasteiger charge is -2.33. The average molecular weight is 491 g/mol. The van der Waals surface area contributed by atoms with Crippen LogP contribution in [0.2, 0.25) is 0 Å². The van der Waals surface area contributed by atoms with Crippen LogP contribution in [-0.2, 0) is 4.74 Å². The third-order valence-corrected chi connectivity index (χ3v) is 5.99. The Morgan fingerprint density at radius 2 is 1.83 bits per heavy atom. The van der Waals surface area contributed by atoms with Gasteiger partial charge in [0, 0.05) is 25.0 Å². The summed E-state index contributed by atoms with van der Waals surface area (Å²) in [5, 5.41) is 7.78. The molecule has 1 amide bonds. The zero-order valence-electron chi connectivity index (χ0n) is 20.9. The first-order chi connectivity index (χ1) is 17.3. The lowest BCUT2D eigenvalue weighted by molar-refractivity contribution is 0.0185. The molecule has 1 N–H and O–H groups in total. The summed E-state index contributed by atoms with van der Waals surface area (Å²) in [6, 6.07) is 7.90. The van der Waals surface area contributed by atoms with Gasteiger partial charge in [-0.25, -0.2) is 14.8 Å². The van der Waals surface area contributed by atoms with Crippen LogP contribution in [0.25, 0.3) is 16.9 Å². The van der Waals surface area contributed by atoms with Crippen LogP contribution in [0.1, 0.15) is 39.7 Å². The predicted molar refractivity (Wildman–Crippen MR) is 135 cm³/mol. The van der Waals surface area contributed by atoms with Crippen molar-refractivity contribution < 1.29 is 14.3 Å². The third-order valence-electron chi connectivity index (χ3n) is 5.99. The number of carbonyl (C=O) groups excluding carboxylic acids is 1. The fraction of sp³-hybridized carbons (Fsp3) is 0.400. The van der Waals surface area contributed by atoms with Crippen LogP contribution < -0.4 is 10.1 Å². The smallest absolute Gasteiger partial charge is 0.410 e. The van der Waals surface area contributed by atoms with Crippen LogP contribution in [0.15, 0.2) is 49.2 Å². The molecule has 0 atom stereocenters. The van der Waals surface area contributed by atoms with Crippen molar-refractivity contribution in [2.45, 2.75) is 45.3 Å². The number of hydrogen-bond acceptors (Lipinski definition) is 8. The van der Waals surface area contributed by atoms with Crippen molar-refractivity contribution in [1.29, 1.82) is 0 Å². The van der Waals surface area contributed by atoms with E-state index in [0.717, 1.165) is 30.0 Å². The summed E-state index contributed by atoms with van der Waals surface area (Å²) in [4.78, 5) is 27.6. The van der Waals surface area contributed by atoms with Crippen LogP contribution in [0.5, 0.6) is 5.75 Å². The number of hydrogen-bond donors (Lipinski definition) is 1. The number of carbonyl (C=O) groups is 1. The SMILES string of the molecule is COc1ccc(-n2cnc3cnc(Nc4cnn(C5CCN(C(=O)OC(C)(C)C)CC5)c4)nc32)cc1. The topological polar surface area (TPSA) is 112 Å². The molecule has 1 fully saturated rings. The molecule has 11 heteroatoms. The predicted octanol–water partition coefficient (Wildman–Crippen LogP) is 4.34. The number of likely N-dealkylation sites (tertiary alicyclic amines) is 1. The summed E-state index contributed by atoms with van der Waals surface area (Å²) in [6.45, 7) is 6.91. The number of fused-ring (bicyclic) bond motifs is 1. The lowest BCUT2D eigenvalue weighted by Crippen LogP contribution is -2.42. The number of amides is 1. The molecule has 188 valence electrons. The van der Waals surface area contributed by atoms with Gasteiger partial charge in [-0.3, -0.25) is 9.25 Å². The molecule has 0 bridgehead atoms. The Morgan fingerprint density at radius 1 is 1.08 bits per heavy atom. The van der Waals surface area contributed by atoms with Crippen LogP contribution in [0.3, 0.4) is 0 Å². The maximum Gasteiger partial charge on any atom is 0.410 e. The number of nitrogens with zero attached hydrogens (tertiary/aromatic N) is 7. The first-order valence-electron chi connectivity index (χ1n) is 11.9. The van der Waals surface area contributed by atoms with Crippen molar-refractivity contribution in [3.8, 4) is 11.4 Å². The second kappa shape index (κ2) is 9.48. The molecule has 4 aromatic rings. The molecule has 5 rings (SSSR count). The van der Waals surface area contributed by atoms with Crippen LogP contribution >= 0.6 is 0 Å². The van der Waals surface area contributed by atoms with Crippen molar-refractivity contribution >= 4 is 28.9 Å². The van der Waals surface area contributed by atoms with Crippen LogP contribution in [0.4, 0.5) is 16.4 Å². The number of rotatable bonds is 5. The number of imidazole rings is 1. The van der Waals surface area contributed by atoms with Crippen molar-refractivity contribution in [3.05, 3.63) is 49.2 Å². The minimum atomic E-state index is -0.492. The molecule has 1 aliphatic heterocycles. The largest absolute Gasteiger partial charge is 0.497 e. The molecule has 1 saturated heterocycles. The monoisotopic (exact) mass is 490 g/mol. The Labute approximate surface area is 209 Å². The summed E-state index contributed by atoms with van der Waals surface area (Å²) in [5.41, 5.74) is 2.62. The molecule has 0 aliphatic carbocycles. The van der Waals surface area contributed by atoms with E-state index in [1.165, 1.54) is 0 Å². The van der Waals surface area contributed by atoms with E-state index in [1.807, 2.05) is 60.5 Å². The van der Waals surface area contributed by atoms with Gasteiger partial charge >= 0.3 is 6.09 Å². The first kappa shape index (κ1) is 23.6. The molecule has 4 heterocycles. The molecule has 0 saturated carbocycles. The van der Waals surface area contributed by atoms with Crippen LogP contribution in [0, 0.1) is 0 Å². The molecule has 1 aliphatic rings. The van der Waals surface area contributed by atoms with Gasteiger partial charge in [0.2, 0.25) is 5.95 Å². The highest BCUT2D eigenvalue weighted by Gasteiger charge is 2.28. The summed E-state index contributed by atoms with van der Waals surface area (Å²) in [6.07, 6.45) is 8.49. The van der Waals surface area contributed by atoms with E-state index in [2.05, 4.69) is 25.4 Å². The number of piperidine rings is 1. The number of anilines is 2. The Balaban J connectivity index is 1.25. The fourth-order valence-electron chi connectivity index (χ4n) is 4.17. The van der Waals surface area contributed by atoms with E-state index in [4.69, 9.17) is 9.47 Å². The van der Waals surface area contributed by atoms with E-state index in [9.17, 15) is 4.79 Å². The quantitative estimate of drug-likeness (QED) is 0.440. The minimum absolute atomic E-state index is 0.208. The average Bonchev–Trinajstić information content (AvgIpc) is 3.50. The first-order valence-corrected chi connectivity index (χ1v) is 11.9. The van der Waals surface area contributed by atoms with Crippen molar-refractivity contribution in [3.63, 3.8) is 0 Å². The molecule has 0 spiro atoms. The Bertz CT molecular complexity index is 1350. The fourth-order valence-corrected chi connectivity index (χ4v) is 4.17. The van der Waals surface area contributed by atoms with Gasteiger partial charge in [-0.2, -0.15) is 10.1 Å². The normalized spacial score (nSPS) is 14.7. The van der Waals surface area contributed by atoms with Gasteiger partial charge in [0.1, 0.15) is 23.2 Å². The van der Waals surface area contributed by atoms with Gasteiger partial charge in [-0.05, 0) is 57.9 Å². The number of methoxy groups -OCH3 is 1. The molecule has 0 unspecified atom stereocenters. The third kappa shape index (κ3) is 5.09. The number of aromatic nitrogens is 6. The Morgan fingerprint density at radius 3 is 2.53 bits per heavy atom. The molecular formula is C25H30N8O3. The van der Waals surface area contributed by atoms with Crippen molar-refractivity contribution in [2.24, 2.45) is 0 Å². The maximum atomic E-state index is 12.3. The van der Waals surface area contributed by atoms with Gasteiger partial charge in [0.15, 0.2) is 5.65 Å². The molecule has 1 aromatic carbocycles. The van der Waals surface area contributed by atoms with Gasteiger partial charge in [0.25, 0.3) is 0 Å². The van der Waals surface area contributed by atoms with Gasteiger partial charge < -0.3 is 19.7 Å². The molecule has 11 nitrogen and oxygen atoms in total. The van der Waals surface area contributed by atoms with Crippen molar-refractivity contribution in [2.75, 3.05) is 25.5 Å². The van der Waals surface area contributed by atoms with E-state index >= 15 is 0 Å². The zero-order valence-corrected chi connectivity index (χ0v) is 20.9. The van der Waals surface area contributed by atoms with E-state index in [0.29, 0.717) is 30.2 Å². The van der Waals surface area contributed by atoms with Crippen molar-refractivity contribution in [1.82, 2.24) is 34.2 Å². The molecule has 36 heavy (non-hydrogen) atoms. The lowest BCUT2D eigenvalue weighted by atomic mass is 10.1.